The number of rotatable bonds is 3. The SMILES string of the molecule is C[C@H](NC1CC1)c1cccnc1. The molecule has 0 spiro atoms. The second-order valence-electron chi connectivity index (χ2n) is 3.45. The van der Waals surface area contributed by atoms with Gasteiger partial charge >= 0.3 is 0 Å². The minimum atomic E-state index is 0.450. The molecule has 0 amide bonds. The molecule has 2 heteroatoms. The van der Waals surface area contributed by atoms with E-state index in [1.807, 2.05) is 18.5 Å². The fraction of sp³-hybridized carbons (Fsp3) is 0.500. The summed E-state index contributed by atoms with van der Waals surface area (Å²) in [5, 5.41) is 3.53. The molecule has 1 N–H and O–H groups in total. The van der Waals surface area contributed by atoms with Crippen LogP contribution < -0.4 is 5.32 Å². The average molecular weight is 162 g/mol. The van der Waals surface area contributed by atoms with E-state index in [2.05, 4.69) is 23.3 Å². The van der Waals surface area contributed by atoms with Crippen molar-refractivity contribution >= 4 is 0 Å². The maximum Gasteiger partial charge on any atom is 0.0315 e. The summed E-state index contributed by atoms with van der Waals surface area (Å²) in [7, 11) is 0. The number of aromatic nitrogens is 1. The van der Waals surface area contributed by atoms with Crippen molar-refractivity contribution < 1.29 is 0 Å². The van der Waals surface area contributed by atoms with Gasteiger partial charge in [0.15, 0.2) is 0 Å². The van der Waals surface area contributed by atoms with Gasteiger partial charge in [0.1, 0.15) is 0 Å². The molecule has 2 rings (SSSR count). The van der Waals surface area contributed by atoms with Crippen LogP contribution in [0.3, 0.4) is 0 Å². The third-order valence-electron chi connectivity index (χ3n) is 2.25. The average Bonchev–Trinajstić information content (AvgIpc) is 2.90. The molecule has 1 aromatic rings. The zero-order valence-corrected chi connectivity index (χ0v) is 7.33. The van der Waals surface area contributed by atoms with Crippen LogP contribution in [0.5, 0.6) is 0 Å². The van der Waals surface area contributed by atoms with E-state index in [0.717, 1.165) is 6.04 Å². The highest BCUT2D eigenvalue weighted by Gasteiger charge is 2.22. The first-order chi connectivity index (χ1) is 5.86. The third-order valence-corrected chi connectivity index (χ3v) is 2.25. The van der Waals surface area contributed by atoms with Gasteiger partial charge in [0.2, 0.25) is 0 Å². The van der Waals surface area contributed by atoms with Gasteiger partial charge in [-0.25, -0.2) is 0 Å². The van der Waals surface area contributed by atoms with Crippen LogP contribution in [0.15, 0.2) is 24.5 Å². The van der Waals surface area contributed by atoms with E-state index in [1.54, 1.807) is 0 Å². The molecular formula is C10H14N2. The summed E-state index contributed by atoms with van der Waals surface area (Å²) in [6, 6.07) is 5.32. The largest absolute Gasteiger partial charge is 0.307 e. The zero-order valence-electron chi connectivity index (χ0n) is 7.33. The lowest BCUT2D eigenvalue weighted by Gasteiger charge is -2.12. The Morgan fingerprint density at radius 2 is 2.42 bits per heavy atom. The molecule has 64 valence electrons. The second-order valence-corrected chi connectivity index (χ2v) is 3.45. The monoisotopic (exact) mass is 162 g/mol. The van der Waals surface area contributed by atoms with E-state index in [1.165, 1.54) is 18.4 Å². The Balaban J connectivity index is 1.98. The Labute approximate surface area is 73.0 Å². The fourth-order valence-electron chi connectivity index (χ4n) is 1.33. The van der Waals surface area contributed by atoms with Crippen LogP contribution in [0.2, 0.25) is 0 Å². The second kappa shape index (κ2) is 3.23. The predicted molar refractivity (Wildman–Crippen MR) is 48.8 cm³/mol. The van der Waals surface area contributed by atoms with Crippen molar-refractivity contribution in [2.75, 3.05) is 0 Å². The quantitative estimate of drug-likeness (QED) is 0.734. The Bertz CT molecular complexity index is 241. The molecule has 12 heavy (non-hydrogen) atoms. The first-order valence-corrected chi connectivity index (χ1v) is 4.52. The Morgan fingerprint density at radius 3 is 3.00 bits per heavy atom. The van der Waals surface area contributed by atoms with Gasteiger partial charge in [0, 0.05) is 24.5 Å². The summed E-state index contributed by atoms with van der Waals surface area (Å²) in [6.45, 7) is 2.19. The highest BCUT2D eigenvalue weighted by molar-refractivity contribution is 5.13. The van der Waals surface area contributed by atoms with Gasteiger partial charge in [0.05, 0.1) is 0 Å². The van der Waals surface area contributed by atoms with E-state index in [9.17, 15) is 0 Å². The first-order valence-electron chi connectivity index (χ1n) is 4.52. The van der Waals surface area contributed by atoms with E-state index in [-0.39, 0.29) is 0 Å². The van der Waals surface area contributed by atoms with E-state index in [0.29, 0.717) is 6.04 Å². The Kier molecular flexibility index (Phi) is 2.09. The van der Waals surface area contributed by atoms with Crippen molar-refractivity contribution in [3.63, 3.8) is 0 Å². The van der Waals surface area contributed by atoms with Crippen LogP contribution >= 0.6 is 0 Å². The molecule has 1 atom stereocenters. The van der Waals surface area contributed by atoms with Gasteiger partial charge in [-0.3, -0.25) is 4.98 Å². The maximum atomic E-state index is 4.09. The van der Waals surface area contributed by atoms with Crippen LogP contribution in [0.1, 0.15) is 31.4 Å². The standard InChI is InChI=1S/C10H14N2/c1-8(12-10-4-5-10)9-3-2-6-11-7-9/h2-3,6-8,10,12H,4-5H2,1H3/t8-/m0/s1. The van der Waals surface area contributed by atoms with Gasteiger partial charge in [-0.2, -0.15) is 0 Å². The normalized spacial score (nSPS) is 19.1. The number of hydrogen-bond acceptors (Lipinski definition) is 2. The van der Waals surface area contributed by atoms with E-state index >= 15 is 0 Å². The first kappa shape index (κ1) is 7.74. The van der Waals surface area contributed by atoms with Gasteiger partial charge in [0.25, 0.3) is 0 Å². The van der Waals surface area contributed by atoms with Gasteiger partial charge in [-0.15, -0.1) is 0 Å². The summed E-state index contributed by atoms with van der Waals surface area (Å²) in [4.78, 5) is 4.09. The van der Waals surface area contributed by atoms with Gasteiger partial charge in [-0.05, 0) is 31.4 Å². The minimum absolute atomic E-state index is 0.450. The summed E-state index contributed by atoms with van der Waals surface area (Å²) in [5.74, 6) is 0. The summed E-state index contributed by atoms with van der Waals surface area (Å²) in [5.41, 5.74) is 1.28. The molecule has 0 aliphatic heterocycles. The molecule has 1 fully saturated rings. The molecule has 2 nitrogen and oxygen atoms in total. The lowest BCUT2D eigenvalue weighted by Crippen LogP contribution is -2.20. The lowest BCUT2D eigenvalue weighted by molar-refractivity contribution is 0.569. The van der Waals surface area contributed by atoms with Crippen LogP contribution in [0.25, 0.3) is 0 Å². The van der Waals surface area contributed by atoms with Crippen molar-refractivity contribution in [1.29, 1.82) is 0 Å². The van der Waals surface area contributed by atoms with Gasteiger partial charge in [-0.1, -0.05) is 6.07 Å². The molecule has 1 aromatic heterocycles. The molecule has 1 aliphatic carbocycles. The molecule has 0 bridgehead atoms. The van der Waals surface area contributed by atoms with Crippen LogP contribution in [-0.4, -0.2) is 11.0 Å². The summed E-state index contributed by atoms with van der Waals surface area (Å²) < 4.78 is 0. The van der Waals surface area contributed by atoms with Crippen molar-refractivity contribution in [3.05, 3.63) is 30.1 Å². The molecule has 1 aliphatic rings. The highest BCUT2D eigenvalue weighted by Crippen LogP contribution is 2.23. The Hall–Kier alpha value is -0.890. The molecule has 0 aromatic carbocycles. The highest BCUT2D eigenvalue weighted by atomic mass is 15.0. The molecular weight excluding hydrogens is 148 g/mol. The molecule has 1 saturated carbocycles. The van der Waals surface area contributed by atoms with Crippen molar-refractivity contribution in [1.82, 2.24) is 10.3 Å². The predicted octanol–water partition coefficient (Wildman–Crippen LogP) is 1.89. The van der Waals surface area contributed by atoms with E-state index < -0.39 is 0 Å². The summed E-state index contributed by atoms with van der Waals surface area (Å²) in [6.07, 6.45) is 6.42. The van der Waals surface area contributed by atoms with Crippen molar-refractivity contribution in [2.24, 2.45) is 0 Å². The number of pyridine rings is 1. The van der Waals surface area contributed by atoms with E-state index in [4.69, 9.17) is 0 Å². The smallest absolute Gasteiger partial charge is 0.0315 e. The van der Waals surface area contributed by atoms with Crippen molar-refractivity contribution in [2.45, 2.75) is 31.8 Å². The van der Waals surface area contributed by atoms with Gasteiger partial charge < -0.3 is 5.32 Å². The maximum absolute atomic E-state index is 4.09. The van der Waals surface area contributed by atoms with Crippen LogP contribution in [0.4, 0.5) is 0 Å². The van der Waals surface area contributed by atoms with Crippen molar-refractivity contribution in [3.8, 4) is 0 Å². The minimum Gasteiger partial charge on any atom is -0.307 e. The molecule has 0 saturated heterocycles. The van der Waals surface area contributed by atoms with Crippen LogP contribution in [0, 0.1) is 0 Å². The molecule has 1 heterocycles. The van der Waals surface area contributed by atoms with Crippen LogP contribution in [-0.2, 0) is 0 Å². The number of nitrogens with one attached hydrogen (secondary N) is 1. The topological polar surface area (TPSA) is 24.9 Å². The molecule has 0 unspecified atom stereocenters. The number of hydrogen-bond donors (Lipinski definition) is 1. The summed E-state index contributed by atoms with van der Waals surface area (Å²) >= 11 is 0. The lowest BCUT2D eigenvalue weighted by atomic mass is 10.1. The number of nitrogens with zero attached hydrogens (tertiary/aromatic N) is 1. The molecule has 0 radical (unpaired) electrons. The Morgan fingerprint density at radius 1 is 1.58 bits per heavy atom. The fourth-order valence-corrected chi connectivity index (χ4v) is 1.33. The zero-order chi connectivity index (χ0) is 8.39. The third kappa shape index (κ3) is 1.83.